The Balaban J connectivity index is 1.43. The molecule has 4 rings (SSSR count). The van der Waals surface area contributed by atoms with Gasteiger partial charge in [-0.3, -0.25) is 9.59 Å². The van der Waals surface area contributed by atoms with Gasteiger partial charge in [0.25, 0.3) is 5.91 Å². The van der Waals surface area contributed by atoms with E-state index in [2.05, 4.69) is 14.9 Å². The normalized spacial score (nSPS) is 15.5. The zero-order chi connectivity index (χ0) is 21.6. The number of benzene rings is 2. The largest absolute Gasteiger partial charge is 0.345 e. The molecule has 3 aromatic rings. The fraction of sp³-hybridized carbons (Fsp3) is 0.292. The van der Waals surface area contributed by atoms with Crippen molar-refractivity contribution in [3.63, 3.8) is 0 Å². The topological polar surface area (TPSA) is 67.2 Å². The van der Waals surface area contributed by atoms with Crippen LogP contribution in [0.4, 0.5) is 0 Å². The molecule has 2 aromatic carbocycles. The summed E-state index contributed by atoms with van der Waals surface area (Å²) in [6, 6.07) is 16.5. The van der Waals surface area contributed by atoms with Crippen molar-refractivity contribution in [2.75, 3.05) is 13.1 Å². The van der Waals surface area contributed by atoms with Crippen LogP contribution in [0.5, 0.6) is 0 Å². The molecule has 2 heterocycles. The second-order valence-electron chi connectivity index (χ2n) is 7.74. The van der Waals surface area contributed by atoms with Gasteiger partial charge in [-0.05, 0) is 30.5 Å². The zero-order valence-electron chi connectivity index (χ0n) is 17.2. The number of hydrogen-bond donors (Lipinski definition) is 1. The molecule has 0 spiro atoms. The molecule has 1 fully saturated rings. The standard InChI is InChI=1S/C24H25ClN4O2/c25-21-9-5-4-8-20(21)24(31)27-22(18-6-2-1-3-7-18)16-23(30)28-13-10-19(11-14-28)29-15-12-26-17-29/h1-9,12,15,17,19,22H,10-11,13-14,16H2,(H,27,31). The van der Waals surface area contributed by atoms with E-state index in [9.17, 15) is 9.59 Å². The van der Waals surface area contributed by atoms with E-state index >= 15 is 0 Å². The van der Waals surface area contributed by atoms with Crippen LogP contribution in [0.1, 0.15) is 47.3 Å². The minimum atomic E-state index is -0.427. The third-order valence-corrected chi connectivity index (χ3v) is 6.10. The molecule has 0 bridgehead atoms. The first kappa shape index (κ1) is 21.1. The van der Waals surface area contributed by atoms with Gasteiger partial charge >= 0.3 is 0 Å². The molecule has 0 saturated carbocycles. The Labute approximate surface area is 186 Å². The Morgan fingerprint density at radius 3 is 2.45 bits per heavy atom. The van der Waals surface area contributed by atoms with Crippen molar-refractivity contribution in [2.24, 2.45) is 0 Å². The van der Waals surface area contributed by atoms with Gasteiger partial charge in [0.05, 0.1) is 29.4 Å². The Morgan fingerprint density at radius 2 is 1.77 bits per heavy atom. The van der Waals surface area contributed by atoms with Crippen LogP contribution in [0.3, 0.4) is 0 Å². The van der Waals surface area contributed by atoms with Crippen LogP contribution in [0.25, 0.3) is 0 Å². The van der Waals surface area contributed by atoms with Crippen LogP contribution in [-0.4, -0.2) is 39.4 Å². The van der Waals surface area contributed by atoms with Gasteiger partial charge in [0, 0.05) is 31.5 Å². The molecule has 31 heavy (non-hydrogen) atoms. The van der Waals surface area contributed by atoms with Crippen molar-refractivity contribution >= 4 is 23.4 Å². The summed E-state index contributed by atoms with van der Waals surface area (Å²) in [5.74, 6) is -0.247. The van der Waals surface area contributed by atoms with Gasteiger partial charge in [-0.25, -0.2) is 4.98 Å². The Morgan fingerprint density at radius 1 is 1.06 bits per heavy atom. The summed E-state index contributed by atoms with van der Waals surface area (Å²) < 4.78 is 2.11. The predicted octanol–water partition coefficient (Wildman–Crippen LogP) is 4.26. The number of imidazole rings is 1. The number of nitrogens with zero attached hydrogens (tertiary/aromatic N) is 3. The number of hydrogen-bond acceptors (Lipinski definition) is 3. The number of halogens is 1. The third kappa shape index (κ3) is 5.14. The molecule has 1 aliphatic rings. The lowest BCUT2D eigenvalue weighted by atomic mass is 10.00. The lowest BCUT2D eigenvalue weighted by Gasteiger charge is -2.33. The highest BCUT2D eigenvalue weighted by atomic mass is 35.5. The van der Waals surface area contributed by atoms with E-state index in [0.717, 1.165) is 18.4 Å². The SMILES string of the molecule is O=C(NC(CC(=O)N1CCC(n2ccnc2)CC1)c1ccccc1)c1ccccc1Cl. The second kappa shape index (κ2) is 9.79. The highest BCUT2D eigenvalue weighted by Gasteiger charge is 2.27. The first-order valence-electron chi connectivity index (χ1n) is 10.5. The van der Waals surface area contributed by atoms with Crippen LogP contribution in [0, 0.1) is 0 Å². The lowest BCUT2D eigenvalue weighted by Crippen LogP contribution is -2.41. The van der Waals surface area contributed by atoms with Crippen LogP contribution in [-0.2, 0) is 4.79 Å². The smallest absolute Gasteiger partial charge is 0.253 e. The quantitative estimate of drug-likeness (QED) is 0.627. The first-order chi connectivity index (χ1) is 15.1. The Hall–Kier alpha value is -3.12. The van der Waals surface area contributed by atoms with Crippen molar-refractivity contribution < 1.29 is 9.59 Å². The molecule has 1 atom stereocenters. The highest BCUT2D eigenvalue weighted by molar-refractivity contribution is 6.33. The third-order valence-electron chi connectivity index (χ3n) is 5.77. The van der Waals surface area contributed by atoms with E-state index in [1.807, 2.05) is 47.8 Å². The molecular weight excluding hydrogens is 412 g/mol. The number of aromatic nitrogens is 2. The summed E-state index contributed by atoms with van der Waals surface area (Å²) in [6.07, 6.45) is 7.57. The van der Waals surface area contributed by atoms with Crippen molar-refractivity contribution in [3.8, 4) is 0 Å². The number of piperidine rings is 1. The molecule has 1 aromatic heterocycles. The van der Waals surface area contributed by atoms with E-state index in [1.54, 1.807) is 30.5 Å². The zero-order valence-corrected chi connectivity index (χ0v) is 17.9. The number of amides is 2. The molecule has 1 saturated heterocycles. The van der Waals surface area contributed by atoms with Gasteiger partial charge in [0.1, 0.15) is 0 Å². The second-order valence-corrected chi connectivity index (χ2v) is 8.15. The Bertz CT molecular complexity index is 1020. The average molecular weight is 437 g/mol. The van der Waals surface area contributed by atoms with Crippen LogP contribution in [0.15, 0.2) is 73.3 Å². The predicted molar refractivity (Wildman–Crippen MR) is 120 cm³/mol. The number of nitrogens with one attached hydrogen (secondary N) is 1. The number of rotatable bonds is 6. The minimum Gasteiger partial charge on any atom is -0.345 e. The first-order valence-corrected chi connectivity index (χ1v) is 10.8. The summed E-state index contributed by atoms with van der Waals surface area (Å²) in [4.78, 5) is 32.0. The van der Waals surface area contributed by atoms with Gasteiger partial charge in [-0.1, -0.05) is 54.1 Å². The van der Waals surface area contributed by atoms with Gasteiger partial charge < -0.3 is 14.8 Å². The number of carbonyl (C=O) groups excluding carboxylic acids is 2. The van der Waals surface area contributed by atoms with E-state index < -0.39 is 6.04 Å². The molecule has 1 N–H and O–H groups in total. The van der Waals surface area contributed by atoms with Gasteiger partial charge in [-0.2, -0.15) is 0 Å². The maximum absolute atomic E-state index is 13.1. The minimum absolute atomic E-state index is 0.0393. The van der Waals surface area contributed by atoms with Gasteiger partial charge in [-0.15, -0.1) is 0 Å². The fourth-order valence-electron chi connectivity index (χ4n) is 4.02. The Kier molecular flexibility index (Phi) is 6.67. The number of carbonyl (C=O) groups is 2. The molecule has 0 radical (unpaired) electrons. The van der Waals surface area contributed by atoms with Crippen LogP contribution in [0.2, 0.25) is 5.02 Å². The highest BCUT2D eigenvalue weighted by Crippen LogP contribution is 2.25. The number of likely N-dealkylation sites (tertiary alicyclic amines) is 1. The molecule has 1 unspecified atom stereocenters. The molecule has 1 aliphatic heterocycles. The van der Waals surface area contributed by atoms with E-state index in [4.69, 9.17) is 11.6 Å². The lowest BCUT2D eigenvalue weighted by molar-refractivity contribution is -0.133. The average Bonchev–Trinajstić information content (AvgIpc) is 3.34. The van der Waals surface area contributed by atoms with Crippen molar-refractivity contribution in [3.05, 3.63) is 89.5 Å². The molecule has 160 valence electrons. The maximum Gasteiger partial charge on any atom is 0.253 e. The van der Waals surface area contributed by atoms with E-state index in [0.29, 0.717) is 29.7 Å². The van der Waals surface area contributed by atoms with Crippen molar-refractivity contribution in [2.45, 2.75) is 31.3 Å². The van der Waals surface area contributed by atoms with Crippen molar-refractivity contribution in [1.82, 2.24) is 19.8 Å². The summed E-state index contributed by atoms with van der Waals surface area (Å²) in [5, 5.41) is 3.40. The van der Waals surface area contributed by atoms with Gasteiger partial charge in [0.15, 0.2) is 0 Å². The summed E-state index contributed by atoms with van der Waals surface area (Å²) in [5.41, 5.74) is 1.29. The maximum atomic E-state index is 13.1. The van der Waals surface area contributed by atoms with E-state index in [1.165, 1.54) is 0 Å². The fourth-order valence-corrected chi connectivity index (χ4v) is 4.24. The summed E-state index contributed by atoms with van der Waals surface area (Å²) in [7, 11) is 0. The van der Waals surface area contributed by atoms with Crippen LogP contribution >= 0.6 is 11.6 Å². The van der Waals surface area contributed by atoms with Crippen LogP contribution < -0.4 is 5.32 Å². The molecule has 2 amide bonds. The molecule has 6 nitrogen and oxygen atoms in total. The molecule has 0 aliphatic carbocycles. The molecular formula is C24H25ClN4O2. The van der Waals surface area contributed by atoms with E-state index in [-0.39, 0.29) is 18.2 Å². The summed E-state index contributed by atoms with van der Waals surface area (Å²) in [6.45, 7) is 1.39. The molecule has 7 heteroatoms. The van der Waals surface area contributed by atoms with Gasteiger partial charge in [0.2, 0.25) is 5.91 Å². The summed E-state index contributed by atoms with van der Waals surface area (Å²) >= 11 is 6.19. The monoisotopic (exact) mass is 436 g/mol. The van der Waals surface area contributed by atoms with Crippen molar-refractivity contribution in [1.29, 1.82) is 0 Å².